The van der Waals surface area contributed by atoms with E-state index in [1.54, 1.807) is 28.9 Å². The minimum absolute atomic E-state index is 0.129. The summed E-state index contributed by atoms with van der Waals surface area (Å²) in [5, 5.41) is 8.17. The van der Waals surface area contributed by atoms with Crippen LogP contribution in [0.3, 0.4) is 0 Å². The van der Waals surface area contributed by atoms with Crippen LogP contribution in [0.4, 0.5) is 5.82 Å². The highest BCUT2D eigenvalue weighted by Crippen LogP contribution is 2.26. The van der Waals surface area contributed by atoms with Crippen LogP contribution in [0.2, 0.25) is 0 Å². The smallest absolute Gasteiger partial charge is 0.188 e. The van der Waals surface area contributed by atoms with E-state index in [2.05, 4.69) is 20.6 Å². The molecule has 1 aliphatic rings. The predicted molar refractivity (Wildman–Crippen MR) is 106 cm³/mol. The van der Waals surface area contributed by atoms with Gasteiger partial charge in [0.1, 0.15) is 5.82 Å². The lowest BCUT2D eigenvalue weighted by atomic mass is 9.95. The van der Waals surface area contributed by atoms with E-state index >= 15 is 0 Å². The molecule has 0 radical (unpaired) electrons. The van der Waals surface area contributed by atoms with Crippen LogP contribution in [0.15, 0.2) is 69.2 Å². The topological polar surface area (TPSA) is 33.2 Å². The summed E-state index contributed by atoms with van der Waals surface area (Å²) in [5.74, 6) is 1.02. The number of rotatable bonds is 3. The van der Waals surface area contributed by atoms with E-state index in [4.69, 9.17) is 0 Å². The molecule has 0 bridgehead atoms. The van der Waals surface area contributed by atoms with Crippen molar-refractivity contribution in [1.29, 1.82) is 0 Å². The Labute approximate surface area is 154 Å². The summed E-state index contributed by atoms with van der Waals surface area (Å²) in [7, 11) is 0. The fraction of sp³-hybridized carbons (Fsp3) is 0.100. The van der Waals surface area contributed by atoms with Gasteiger partial charge >= 0.3 is 0 Å². The lowest BCUT2D eigenvalue weighted by molar-refractivity contribution is -0.112. The zero-order valence-corrected chi connectivity index (χ0v) is 15.1. The first-order chi connectivity index (χ1) is 12.3. The minimum atomic E-state index is 0.129. The van der Waals surface area contributed by atoms with Crippen molar-refractivity contribution in [1.82, 2.24) is 4.98 Å². The first-order valence-electron chi connectivity index (χ1n) is 7.96. The summed E-state index contributed by atoms with van der Waals surface area (Å²) in [5.41, 5.74) is 3.76. The number of ketones is 1. The Hall–Kier alpha value is -2.50. The van der Waals surface area contributed by atoms with Crippen molar-refractivity contribution in [3.05, 3.63) is 80.3 Å². The average molecular weight is 364 g/mol. The van der Waals surface area contributed by atoms with Crippen molar-refractivity contribution in [2.75, 3.05) is 18.0 Å². The molecule has 0 saturated carbocycles. The number of carbonyl (C=O) groups excluding carboxylic acids is 1. The zero-order chi connectivity index (χ0) is 17.1. The zero-order valence-electron chi connectivity index (χ0n) is 13.5. The Balaban J connectivity index is 1.73. The van der Waals surface area contributed by atoms with Crippen molar-refractivity contribution < 1.29 is 4.79 Å². The van der Waals surface area contributed by atoms with Crippen molar-refractivity contribution in [2.45, 2.75) is 0 Å². The van der Waals surface area contributed by atoms with Crippen LogP contribution in [-0.2, 0) is 4.79 Å². The maximum absolute atomic E-state index is 13.0. The summed E-state index contributed by atoms with van der Waals surface area (Å²) >= 11 is 3.27. The molecule has 4 rings (SSSR count). The molecule has 3 aromatic heterocycles. The highest BCUT2D eigenvalue weighted by molar-refractivity contribution is 7.08. The molecule has 1 saturated heterocycles. The number of nitrogens with zero attached hydrogens (tertiary/aromatic N) is 2. The summed E-state index contributed by atoms with van der Waals surface area (Å²) in [6.45, 7) is 1.15. The molecule has 124 valence electrons. The number of thiophene rings is 2. The van der Waals surface area contributed by atoms with Gasteiger partial charge in [0.25, 0.3) is 0 Å². The number of piperidine rings is 1. The molecule has 1 fully saturated rings. The normalized spacial score (nSPS) is 18.2. The molecule has 0 aliphatic carbocycles. The highest BCUT2D eigenvalue weighted by atomic mass is 32.1. The van der Waals surface area contributed by atoms with Gasteiger partial charge in [-0.25, -0.2) is 4.98 Å². The molecule has 25 heavy (non-hydrogen) atoms. The van der Waals surface area contributed by atoms with Gasteiger partial charge in [0.15, 0.2) is 5.78 Å². The molecule has 0 amide bonds. The summed E-state index contributed by atoms with van der Waals surface area (Å²) in [4.78, 5) is 19.6. The Morgan fingerprint density at radius 2 is 1.56 bits per heavy atom. The monoisotopic (exact) mass is 364 g/mol. The van der Waals surface area contributed by atoms with Crippen LogP contribution >= 0.6 is 22.7 Å². The van der Waals surface area contributed by atoms with Gasteiger partial charge in [-0.1, -0.05) is 6.07 Å². The van der Waals surface area contributed by atoms with Gasteiger partial charge in [0.2, 0.25) is 0 Å². The fourth-order valence-electron chi connectivity index (χ4n) is 2.86. The molecule has 0 N–H and O–H groups in total. The van der Waals surface area contributed by atoms with Crippen LogP contribution in [0, 0.1) is 0 Å². The Morgan fingerprint density at radius 3 is 2.04 bits per heavy atom. The second kappa shape index (κ2) is 7.17. The summed E-state index contributed by atoms with van der Waals surface area (Å²) < 4.78 is 0. The first-order valence-corrected chi connectivity index (χ1v) is 9.84. The number of hydrogen-bond acceptors (Lipinski definition) is 5. The number of pyridine rings is 1. The molecular formula is C20H16N2OS2. The van der Waals surface area contributed by atoms with E-state index in [9.17, 15) is 4.79 Å². The molecule has 0 aromatic carbocycles. The van der Waals surface area contributed by atoms with Gasteiger partial charge < -0.3 is 4.90 Å². The molecular weight excluding hydrogens is 348 g/mol. The van der Waals surface area contributed by atoms with Gasteiger partial charge in [-0.05, 0) is 69.1 Å². The maximum atomic E-state index is 13.0. The molecule has 5 heteroatoms. The lowest BCUT2D eigenvalue weighted by Crippen LogP contribution is -2.38. The number of aromatic nitrogens is 1. The van der Waals surface area contributed by atoms with Gasteiger partial charge in [-0.2, -0.15) is 22.7 Å². The SMILES string of the molecule is O=C1/C(=C/c2ccsc2)CN(c2ccccn2)C/C1=C\c1ccsc1. The standard InChI is InChI=1S/C20H16N2OS2/c23-20-17(9-15-4-7-24-13-15)11-22(19-3-1-2-6-21-19)12-18(20)10-16-5-8-25-14-16/h1-10,13-14H,11-12H2/b17-9+,18-10+. The second-order valence-corrected chi connectivity index (χ2v) is 7.39. The summed E-state index contributed by atoms with van der Waals surface area (Å²) in [6, 6.07) is 9.94. The van der Waals surface area contributed by atoms with Gasteiger partial charge in [0.05, 0.1) is 0 Å². The van der Waals surface area contributed by atoms with Crippen molar-refractivity contribution in [3.8, 4) is 0 Å². The maximum Gasteiger partial charge on any atom is 0.188 e. The van der Waals surface area contributed by atoms with Gasteiger partial charge in [-0.15, -0.1) is 0 Å². The minimum Gasteiger partial charge on any atom is -0.348 e. The molecule has 1 aliphatic heterocycles. The average Bonchev–Trinajstić information content (AvgIpc) is 3.33. The fourth-order valence-corrected chi connectivity index (χ4v) is 4.09. The highest BCUT2D eigenvalue weighted by Gasteiger charge is 2.26. The lowest BCUT2D eigenvalue weighted by Gasteiger charge is -2.30. The molecule has 4 heterocycles. The van der Waals surface area contributed by atoms with Gasteiger partial charge in [-0.3, -0.25) is 4.79 Å². The second-order valence-electron chi connectivity index (χ2n) is 5.83. The van der Waals surface area contributed by atoms with Crippen LogP contribution < -0.4 is 4.90 Å². The van der Waals surface area contributed by atoms with E-state index < -0.39 is 0 Å². The molecule has 0 atom stereocenters. The van der Waals surface area contributed by atoms with Crippen LogP contribution in [0.25, 0.3) is 12.2 Å². The van der Waals surface area contributed by atoms with Crippen molar-refractivity contribution in [2.24, 2.45) is 0 Å². The molecule has 3 nitrogen and oxygen atoms in total. The van der Waals surface area contributed by atoms with E-state index in [1.807, 2.05) is 53.2 Å². The van der Waals surface area contributed by atoms with Gasteiger partial charge in [0, 0.05) is 30.4 Å². The van der Waals surface area contributed by atoms with Crippen molar-refractivity contribution in [3.63, 3.8) is 0 Å². The van der Waals surface area contributed by atoms with E-state index in [-0.39, 0.29) is 5.78 Å². The quantitative estimate of drug-likeness (QED) is 0.628. The number of anilines is 1. The van der Waals surface area contributed by atoms with Crippen LogP contribution in [0.1, 0.15) is 11.1 Å². The van der Waals surface area contributed by atoms with E-state index in [0.717, 1.165) is 28.1 Å². The Morgan fingerprint density at radius 1 is 0.920 bits per heavy atom. The predicted octanol–water partition coefficient (Wildman–Crippen LogP) is 4.76. The Kier molecular flexibility index (Phi) is 4.59. The Bertz CT molecular complexity index is 854. The number of carbonyl (C=O) groups is 1. The third-order valence-electron chi connectivity index (χ3n) is 4.05. The first kappa shape index (κ1) is 16.0. The third-order valence-corrected chi connectivity index (χ3v) is 5.45. The number of hydrogen-bond donors (Lipinski definition) is 0. The molecule has 3 aromatic rings. The third kappa shape index (κ3) is 3.62. The van der Waals surface area contributed by atoms with Crippen LogP contribution in [-0.4, -0.2) is 23.9 Å². The molecule has 0 spiro atoms. The van der Waals surface area contributed by atoms with E-state index in [1.165, 1.54) is 0 Å². The van der Waals surface area contributed by atoms with Crippen LogP contribution in [0.5, 0.6) is 0 Å². The molecule has 0 unspecified atom stereocenters. The van der Waals surface area contributed by atoms with E-state index in [0.29, 0.717) is 13.1 Å². The summed E-state index contributed by atoms with van der Waals surface area (Å²) in [6.07, 6.45) is 5.78. The van der Waals surface area contributed by atoms with Crippen molar-refractivity contribution >= 4 is 46.4 Å². The number of Topliss-reactive ketones (excluding diaryl/α,β-unsaturated/α-hetero) is 1. The largest absolute Gasteiger partial charge is 0.348 e.